The van der Waals surface area contributed by atoms with Crippen molar-refractivity contribution in [2.24, 2.45) is 0 Å². The Morgan fingerprint density at radius 3 is 1.41 bits per heavy atom. The van der Waals surface area contributed by atoms with Crippen LogP contribution in [0.3, 0.4) is 0 Å². The van der Waals surface area contributed by atoms with E-state index in [0.29, 0.717) is 6.61 Å². The zero-order valence-corrected chi connectivity index (χ0v) is 25.7. The van der Waals surface area contributed by atoms with Gasteiger partial charge < -0.3 is 9.42 Å². The summed E-state index contributed by atoms with van der Waals surface area (Å²) in [5, 5.41) is 0. The van der Waals surface area contributed by atoms with Gasteiger partial charge in [-0.15, -0.1) is 0 Å². The predicted molar refractivity (Wildman–Crippen MR) is 137 cm³/mol. The Labute approximate surface area is 207 Å². The van der Waals surface area contributed by atoms with Gasteiger partial charge in [0.25, 0.3) is 0 Å². The summed E-state index contributed by atoms with van der Waals surface area (Å²) in [6, 6.07) is 0. The zero-order chi connectivity index (χ0) is 20.9. The van der Waals surface area contributed by atoms with Crippen LogP contribution >= 0.6 is 5.69 Å². The van der Waals surface area contributed by atoms with Gasteiger partial charge in [-0.05, 0) is 44.9 Å². The van der Waals surface area contributed by atoms with E-state index in [0.717, 1.165) is 18.6 Å². The second-order valence-corrected chi connectivity index (χ2v) is 17.2. The summed E-state index contributed by atoms with van der Waals surface area (Å²) in [7, 11) is -0.563. The Morgan fingerprint density at radius 2 is 1.00 bits per heavy atom. The summed E-state index contributed by atoms with van der Waals surface area (Å²) < 4.78 is 5.67. The summed E-state index contributed by atoms with van der Waals surface area (Å²) >= 11 is 10.8. The second-order valence-electron chi connectivity index (χ2n) is 7.98. The molecule has 29 heavy (non-hydrogen) atoms. The molecule has 0 fully saturated rings. The van der Waals surface area contributed by atoms with E-state index >= 15 is 0 Å². The van der Waals surface area contributed by atoms with E-state index in [1.807, 2.05) is 0 Å². The number of unbranched alkanes of at least 4 members (excludes halogenated alkanes) is 16. The van der Waals surface area contributed by atoms with Crippen molar-refractivity contribution in [1.29, 1.82) is 0 Å². The maximum atomic E-state index is 10.4. The van der Waals surface area contributed by atoms with Crippen LogP contribution < -0.4 is 0 Å². The minimum absolute atomic E-state index is 0. The van der Waals surface area contributed by atoms with Crippen molar-refractivity contribution >= 4 is 37.8 Å². The average Bonchev–Trinajstić information content (AvgIpc) is 2.68. The molecule has 0 saturated carbocycles. The van der Waals surface area contributed by atoms with Crippen molar-refractivity contribution in [2.75, 3.05) is 12.4 Å². The number of rotatable bonds is 22. The third-order valence-corrected chi connectivity index (χ3v) is 14.4. The monoisotopic (exact) mass is 534 g/mol. The summed E-state index contributed by atoms with van der Waals surface area (Å²) in [6.07, 6.45) is 23.3. The maximum absolute atomic E-state index is 10.4. The normalized spacial score (nSPS) is 14.3. The van der Waals surface area contributed by atoms with Gasteiger partial charge in [0, 0.05) is 25.2 Å². The Balaban J connectivity index is 0. The fourth-order valence-electron chi connectivity index (χ4n) is 3.30. The molecule has 0 heterocycles. The molecule has 0 aliphatic heterocycles. The molecule has 1 N–H and O–H groups in total. The SMILES string of the molecule is CCCCCCCCCCCOP(O)(=S)S(=S)CCCCCCCCCCC.[Zn]. The van der Waals surface area contributed by atoms with Gasteiger partial charge in [-0.1, -0.05) is 117 Å². The van der Waals surface area contributed by atoms with Gasteiger partial charge in [-0.25, -0.2) is 0 Å². The Bertz CT molecular complexity index is 412. The first-order valence-corrected chi connectivity index (χ1v) is 17.5. The summed E-state index contributed by atoms with van der Waals surface area (Å²) in [5.41, 5.74) is -2.76. The summed E-state index contributed by atoms with van der Waals surface area (Å²) in [6.45, 7) is 5.10. The molecule has 0 aliphatic rings. The third-order valence-electron chi connectivity index (χ3n) is 5.18. The molecule has 2 unspecified atom stereocenters. The van der Waals surface area contributed by atoms with Crippen molar-refractivity contribution < 1.29 is 28.9 Å². The molecule has 0 radical (unpaired) electrons. The van der Waals surface area contributed by atoms with Gasteiger partial charge in [0.2, 0.25) is 5.69 Å². The van der Waals surface area contributed by atoms with Crippen molar-refractivity contribution in [3.05, 3.63) is 0 Å². The molecule has 7 heteroatoms. The van der Waals surface area contributed by atoms with Gasteiger partial charge in [-0.3, -0.25) is 0 Å². The predicted octanol–water partition coefficient (Wildman–Crippen LogP) is 8.36. The molecule has 0 aromatic rings. The van der Waals surface area contributed by atoms with Gasteiger partial charge in [-0.2, -0.15) is 0 Å². The number of hydrogen-bond acceptors (Lipinski definition) is 3. The quantitative estimate of drug-likeness (QED) is 0.0856. The molecule has 0 aromatic carbocycles. The van der Waals surface area contributed by atoms with Crippen LogP contribution in [0.25, 0.3) is 0 Å². The fraction of sp³-hybridized carbons (Fsp3) is 1.00. The van der Waals surface area contributed by atoms with Gasteiger partial charge in [0.05, 0.1) is 6.61 Å². The molecule has 0 saturated heterocycles. The van der Waals surface area contributed by atoms with Crippen LogP contribution in [0, 0.1) is 0 Å². The molecule has 0 rings (SSSR count). The molecule has 0 amide bonds. The molecule has 0 aliphatic carbocycles. The Hall–Kier alpha value is 1.76. The minimum Gasteiger partial charge on any atom is -0.337 e. The Kier molecular flexibility index (Phi) is 27.7. The summed E-state index contributed by atoms with van der Waals surface area (Å²) in [4.78, 5) is 10.4. The summed E-state index contributed by atoms with van der Waals surface area (Å²) in [5.74, 6) is 0.858. The van der Waals surface area contributed by atoms with E-state index in [2.05, 4.69) is 13.8 Å². The van der Waals surface area contributed by atoms with E-state index in [9.17, 15) is 4.89 Å². The van der Waals surface area contributed by atoms with Gasteiger partial charge in [0.15, 0.2) is 0 Å². The maximum Gasteiger partial charge on any atom is 0.248 e. The van der Waals surface area contributed by atoms with Crippen LogP contribution in [-0.4, -0.2) is 17.3 Å². The zero-order valence-electron chi connectivity index (χ0n) is 19.4. The Morgan fingerprint density at radius 1 is 0.655 bits per heavy atom. The molecular formula is C22H47O2PS3Zn. The molecular weight excluding hydrogens is 489 g/mol. The van der Waals surface area contributed by atoms with E-state index in [-0.39, 0.29) is 19.5 Å². The minimum atomic E-state index is -2.76. The van der Waals surface area contributed by atoms with Crippen molar-refractivity contribution in [3.8, 4) is 0 Å². The largest absolute Gasteiger partial charge is 0.337 e. The van der Waals surface area contributed by atoms with E-state index in [1.54, 1.807) is 0 Å². The number of hydrogen-bond donors (Lipinski definition) is 1. The van der Waals surface area contributed by atoms with Crippen molar-refractivity contribution in [1.82, 2.24) is 0 Å². The molecule has 0 bridgehead atoms. The molecule has 0 aromatic heterocycles. The van der Waals surface area contributed by atoms with Crippen LogP contribution in [0.2, 0.25) is 0 Å². The van der Waals surface area contributed by atoms with Crippen LogP contribution in [0.15, 0.2) is 0 Å². The first-order valence-electron chi connectivity index (χ1n) is 11.9. The van der Waals surface area contributed by atoms with Crippen LogP contribution in [-0.2, 0) is 56.1 Å². The van der Waals surface area contributed by atoms with E-state index in [4.69, 9.17) is 27.5 Å². The molecule has 2 nitrogen and oxygen atoms in total. The van der Waals surface area contributed by atoms with Crippen molar-refractivity contribution in [3.63, 3.8) is 0 Å². The van der Waals surface area contributed by atoms with Crippen LogP contribution in [0.1, 0.15) is 129 Å². The second kappa shape index (κ2) is 24.4. The van der Waals surface area contributed by atoms with Crippen molar-refractivity contribution in [2.45, 2.75) is 129 Å². The molecule has 172 valence electrons. The molecule has 2 atom stereocenters. The van der Waals surface area contributed by atoms with E-state index in [1.165, 1.54) is 103 Å². The standard InChI is InChI=1S/C22H47O2PS3.Zn/c1-3-5-7-9-11-13-15-17-19-21-24-25(23,26)28(27)22-20-18-16-14-12-10-8-6-4-2;/h3-22H2,1-2H3,(H,23,26);. The van der Waals surface area contributed by atoms with Crippen LogP contribution in [0.5, 0.6) is 0 Å². The van der Waals surface area contributed by atoms with Gasteiger partial charge >= 0.3 is 0 Å². The fourth-order valence-corrected chi connectivity index (χ4v) is 7.75. The van der Waals surface area contributed by atoms with Crippen LogP contribution in [0.4, 0.5) is 0 Å². The van der Waals surface area contributed by atoms with Gasteiger partial charge in [0.1, 0.15) is 0 Å². The first-order chi connectivity index (χ1) is 13.5. The smallest absolute Gasteiger partial charge is 0.248 e. The average molecular weight is 536 g/mol. The first kappa shape index (κ1) is 32.9. The third kappa shape index (κ3) is 22.7. The van der Waals surface area contributed by atoms with E-state index < -0.39 is 14.8 Å². The topological polar surface area (TPSA) is 29.5 Å². The molecule has 0 spiro atoms.